The van der Waals surface area contributed by atoms with Gasteiger partial charge < -0.3 is 5.73 Å². The monoisotopic (exact) mass is 450 g/mol. The van der Waals surface area contributed by atoms with E-state index in [0.717, 1.165) is 0 Å². The van der Waals surface area contributed by atoms with Gasteiger partial charge in [-0.2, -0.15) is 0 Å². The van der Waals surface area contributed by atoms with Crippen molar-refractivity contribution in [1.29, 1.82) is 0 Å². The number of sulfonamides is 1. The summed E-state index contributed by atoms with van der Waals surface area (Å²) in [6, 6.07) is 8.48. The third-order valence-corrected chi connectivity index (χ3v) is 6.26. The number of hydrogen-bond donors (Lipinski definition) is 2. The molecule has 0 fully saturated rings. The average molecular weight is 451 g/mol. The molecule has 7 nitrogen and oxygen atoms in total. The van der Waals surface area contributed by atoms with E-state index in [-0.39, 0.29) is 32.7 Å². The molecule has 0 aliphatic carbocycles. The van der Waals surface area contributed by atoms with Crippen LogP contribution in [-0.4, -0.2) is 24.2 Å². The maximum absolute atomic E-state index is 13.0. The lowest BCUT2D eigenvalue weighted by molar-refractivity contribution is 0.103. The first-order valence-electron chi connectivity index (χ1n) is 8.31. The summed E-state index contributed by atoms with van der Waals surface area (Å²) in [5.41, 5.74) is 6.68. The van der Waals surface area contributed by atoms with Crippen LogP contribution in [0.3, 0.4) is 0 Å². The number of benzene rings is 1. The molecule has 0 saturated carbocycles. The van der Waals surface area contributed by atoms with Crippen molar-refractivity contribution in [2.24, 2.45) is 0 Å². The van der Waals surface area contributed by atoms with Crippen LogP contribution in [0.4, 0.5) is 11.5 Å². The van der Waals surface area contributed by atoms with E-state index in [1.165, 1.54) is 42.6 Å². The molecule has 150 valence electrons. The number of carbonyl (C=O) groups excluding carboxylic acids is 1. The molecule has 0 amide bonds. The number of hydrogen-bond acceptors (Lipinski definition) is 6. The lowest BCUT2D eigenvalue weighted by Gasteiger charge is -2.14. The number of rotatable bonds is 5. The molecule has 3 aromatic rings. The number of nitrogens with zero attached hydrogens (tertiary/aromatic N) is 2. The molecule has 3 N–H and O–H groups in total. The van der Waals surface area contributed by atoms with Crippen LogP contribution in [0.5, 0.6) is 0 Å². The minimum Gasteiger partial charge on any atom is -0.384 e. The molecule has 0 saturated heterocycles. The second-order valence-corrected chi connectivity index (χ2v) is 8.76. The maximum atomic E-state index is 13.0. The lowest BCUT2D eigenvalue weighted by atomic mass is 10.1. The molecule has 0 atom stereocenters. The molecule has 1 aromatic carbocycles. The Labute approximate surface area is 177 Å². The van der Waals surface area contributed by atoms with Gasteiger partial charge in [-0.25, -0.2) is 18.4 Å². The van der Waals surface area contributed by atoms with Gasteiger partial charge in [0.25, 0.3) is 10.0 Å². The van der Waals surface area contributed by atoms with Crippen LogP contribution in [0.15, 0.2) is 47.5 Å². The summed E-state index contributed by atoms with van der Waals surface area (Å²) in [5, 5.41) is 0.649. The van der Waals surface area contributed by atoms with Gasteiger partial charge in [-0.05, 0) is 55.8 Å². The third-order valence-electron chi connectivity index (χ3n) is 4.09. The summed E-state index contributed by atoms with van der Waals surface area (Å²) in [6.45, 7) is 3.30. The molecular weight excluding hydrogens is 435 g/mol. The molecule has 10 heteroatoms. The second-order valence-electron chi connectivity index (χ2n) is 6.27. The molecule has 3 rings (SSSR count). The summed E-state index contributed by atoms with van der Waals surface area (Å²) < 4.78 is 28.1. The predicted molar refractivity (Wildman–Crippen MR) is 113 cm³/mol. The fraction of sp³-hybridized carbons (Fsp3) is 0.105. The van der Waals surface area contributed by atoms with Gasteiger partial charge in [0.05, 0.1) is 21.3 Å². The summed E-state index contributed by atoms with van der Waals surface area (Å²) in [4.78, 5) is 21.0. The van der Waals surface area contributed by atoms with Crippen molar-refractivity contribution >= 4 is 50.5 Å². The van der Waals surface area contributed by atoms with E-state index < -0.39 is 15.8 Å². The van der Waals surface area contributed by atoms with E-state index >= 15 is 0 Å². The summed E-state index contributed by atoms with van der Waals surface area (Å²) in [7, 11) is -4.03. The van der Waals surface area contributed by atoms with Crippen LogP contribution in [0.1, 0.15) is 27.3 Å². The largest absolute Gasteiger partial charge is 0.384 e. The first kappa shape index (κ1) is 21.0. The van der Waals surface area contributed by atoms with Gasteiger partial charge in [0.1, 0.15) is 11.5 Å². The van der Waals surface area contributed by atoms with Gasteiger partial charge in [0, 0.05) is 16.8 Å². The van der Waals surface area contributed by atoms with Crippen molar-refractivity contribution in [3.05, 3.63) is 75.2 Å². The van der Waals surface area contributed by atoms with Crippen molar-refractivity contribution in [3.8, 4) is 0 Å². The standard InChI is InChI=1S/C19H16Cl2N4O3S/c1-10-7-13(3-4-14(10)20)29(27,28)25-16-9-15(21)11(2)24-18(16)19(26)12-5-6-23-17(22)8-12/h3-9,25H,1-2H3,(H2,22,23). The minimum absolute atomic E-state index is 0.0114. The van der Waals surface area contributed by atoms with Gasteiger partial charge in [-0.1, -0.05) is 23.2 Å². The van der Waals surface area contributed by atoms with Gasteiger partial charge in [-0.15, -0.1) is 0 Å². The highest BCUT2D eigenvalue weighted by atomic mass is 35.5. The van der Waals surface area contributed by atoms with Gasteiger partial charge in [0.2, 0.25) is 5.78 Å². The number of anilines is 2. The molecule has 29 heavy (non-hydrogen) atoms. The molecule has 0 bridgehead atoms. The van der Waals surface area contributed by atoms with Crippen LogP contribution >= 0.6 is 23.2 Å². The van der Waals surface area contributed by atoms with E-state index in [9.17, 15) is 13.2 Å². The number of nitrogens with two attached hydrogens (primary N) is 1. The van der Waals surface area contributed by atoms with E-state index in [0.29, 0.717) is 16.3 Å². The normalized spacial score (nSPS) is 11.3. The number of nitrogens with one attached hydrogen (secondary N) is 1. The fourth-order valence-electron chi connectivity index (χ4n) is 2.55. The Morgan fingerprint density at radius 2 is 1.79 bits per heavy atom. The Bertz CT molecular complexity index is 1230. The minimum atomic E-state index is -4.03. The molecule has 2 heterocycles. The Morgan fingerprint density at radius 3 is 2.45 bits per heavy atom. The number of halogens is 2. The Kier molecular flexibility index (Phi) is 5.79. The van der Waals surface area contributed by atoms with Gasteiger partial charge in [0.15, 0.2) is 0 Å². The molecule has 0 spiro atoms. The highest BCUT2D eigenvalue weighted by Crippen LogP contribution is 2.28. The average Bonchev–Trinajstić information content (AvgIpc) is 2.65. The van der Waals surface area contributed by atoms with Crippen LogP contribution in [0, 0.1) is 13.8 Å². The molecule has 0 aliphatic heterocycles. The Hall–Kier alpha value is -2.68. The van der Waals surface area contributed by atoms with Crippen LogP contribution < -0.4 is 10.5 Å². The number of pyridine rings is 2. The summed E-state index contributed by atoms with van der Waals surface area (Å²) >= 11 is 12.1. The number of nitrogen functional groups attached to an aromatic ring is 1. The smallest absolute Gasteiger partial charge is 0.261 e. The number of aryl methyl sites for hydroxylation is 2. The first-order valence-corrected chi connectivity index (χ1v) is 10.5. The van der Waals surface area contributed by atoms with E-state index in [4.69, 9.17) is 28.9 Å². The molecule has 0 radical (unpaired) electrons. The lowest BCUT2D eigenvalue weighted by Crippen LogP contribution is -2.18. The van der Waals surface area contributed by atoms with Crippen molar-refractivity contribution in [1.82, 2.24) is 9.97 Å². The van der Waals surface area contributed by atoms with Crippen molar-refractivity contribution in [3.63, 3.8) is 0 Å². The fourth-order valence-corrected chi connectivity index (χ4v) is 3.96. The molecule has 0 unspecified atom stereocenters. The topological polar surface area (TPSA) is 115 Å². The second kappa shape index (κ2) is 7.98. The Balaban J connectivity index is 2.08. The quantitative estimate of drug-likeness (QED) is 0.567. The van der Waals surface area contributed by atoms with E-state index in [2.05, 4.69) is 14.7 Å². The molecule has 2 aromatic heterocycles. The SMILES string of the molecule is Cc1cc(S(=O)(=O)Nc2cc(Cl)c(C)nc2C(=O)c2ccnc(N)c2)ccc1Cl. The van der Waals surface area contributed by atoms with Gasteiger partial charge >= 0.3 is 0 Å². The van der Waals surface area contributed by atoms with Crippen molar-refractivity contribution in [2.75, 3.05) is 10.5 Å². The van der Waals surface area contributed by atoms with Crippen LogP contribution in [0.2, 0.25) is 10.0 Å². The van der Waals surface area contributed by atoms with Crippen LogP contribution in [0.25, 0.3) is 0 Å². The number of ketones is 1. The van der Waals surface area contributed by atoms with Crippen molar-refractivity contribution < 1.29 is 13.2 Å². The number of aromatic nitrogens is 2. The summed E-state index contributed by atoms with van der Waals surface area (Å²) in [6.07, 6.45) is 1.38. The zero-order valence-corrected chi connectivity index (χ0v) is 17.7. The van der Waals surface area contributed by atoms with Gasteiger partial charge in [-0.3, -0.25) is 9.52 Å². The van der Waals surface area contributed by atoms with Crippen LogP contribution in [-0.2, 0) is 10.0 Å². The zero-order chi connectivity index (χ0) is 21.3. The maximum Gasteiger partial charge on any atom is 0.261 e. The first-order chi connectivity index (χ1) is 13.6. The van der Waals surface area contributed by atoms with Crippen molar-refractivity contribution in [2.45, 2.75) is 18.7 Å². The third kappa shape index (κ3) is 4.50. The highest BCUT2D eigenvalue weighted by molar-refractivity contribution is 7.92. The Morgan fingerprint density at radius 1 is 1.07 bits per heavy atom. The molecular formula is C19H16Cl2N4O3S. The predicted octanol–water partition coefficient (Wildman–Crippen LogP) is 4.01. The summed E-state index contributed by atoms with van der Waals surface area (Å²) in [5.74, 6) is -0.371. The number of carbonyl (C=O) groups is 1. The van der Waals surface area contributed by atoms with E-state index in [1.807, 2.05) is 0 Å². The van der Waals surface area contributed by atoms with E-state index in [1.54, 1.807) is 13.8 Å². The highest BCUT2D eigenvalue weighted by Gasteiger charge is 2.23. The molecule has 0 aliphatic rings. The zero-order valence-electron chi connectivity index (χ0n) is 15.4.